The Morgan fingerprint density at radius 3 is 2.67 bits per heavy atom. The first kappa shape index (κ1) is 18.5. The second-order valence-electron chi connectivity index (χ2n) is 5.97. The molecule has 0 radical (unpaired) electrons. The molecule has 27 heavy (non-hydrogen) atoms. The lowest BCUT2D eigenvalue weighted by Gasteiger charge is -2.21. The average Bonchev–Trinajstić information content (AvgIpc) is 2.67. The number of hydrogen-bond acceptors (Lipinski definition) is 6. The van der Waals surface area contributed by atoms with Gasteiger partial charge in [-0.25, -0.2) is 0 Å². The predicted octanol–water partition coefficient (Wildman–Crippen LogP) is 3.26. The molecule has 1 aliphatic rings. The molecule has 1 unspecified atom stereocenters. The molecule has 0 spiro atoms. The number of fused-ring (bicyclic) bond motifs is 1. The maximum absolute atomic E-state index is 12.5. The lowest BCUT2D eigenvalue weighted by Crippen LogP contribution is -2.27. The van der Waals surface area contributed by atoms with E-state index in [1.165, 1.54) is 18.2 Å². The molecule has 1 aliphatic heterocycles. The number of ether oxygens (including phenoxy) is 3. The van der Waals surface area contributed by atoms with Gasteiger partial charge in [0, 0.05) is 11.6 Å². The highest BCUT2D eigenvalue weighted by Gasteiger charge is 2.20. The van der Waals surface area contributed by atoms with Gasteiger partial charge in [-0.2, -0.15) is 0 Å². The molecule has 0 saturated heterocycles. The third kappa shape index (κ3) is 4.11. The molecule has 2 aromatic rings. The normalized spacial score (nSPS) is 13.6. The van der Waals surface area contributed by atoms with E-state index in [1.807, 2.05) is 19.1 Å². The van der Waals surface area contributed by atoms with Crippen LogP contribution < -0.4 is 19.5 Å². The summed E-state index contributed by atoms with van der Waals surface area (Å²) in [6.45, 7) is 4.85. The van der Waals surface area contributed by atoms with Crippen LogP contribution in [0.25, 0.3) is 0 Å². The Bertz CT molecular complexity index is 867. The Labute approximate surface area is 156 Å². The van der Waals surface area contributed by atoms with Crippen molar-refractivity contribution < 1.29 is 23.9 Å². The number of hydrogen-bond donors (Lipinski definition) is 1. The molecule has 1 heterocycles. The zero-order chi connectivity index (χ0) is 19.4. The smallest absolute Gasteiger partial charge is 0.311 e. The summed E-state index contributed by atoms with van der Waals surface area (Å²) < 4.78 is 16.3. The Kier molecular flexibility index (Phi) is 5.44. The van der Waals surface area contributed by atoms with Gasteiger partial charge in [0.15, 0.2) is 17.2 Å². The van der Waals surface area contributed by atoms with E-state index in [2.05, 4.69) is 5.32 Å². The van der Waals surface area contributed by atoms with Crippen LogP contribution in [0.4, 0.5) is 5.69 Å². The molecule has 2 aromatic carbocycles. The summed E-state index contributed by atoms with van der Waals surface area (Å²) in [4.78, 5) is 23.2. The number of nitrogens with zero attached hydrogens (tertiary/aromatic N) is 1. The molecule has 1 amide bonds. The van der Waals surface area contributed by atoms with E-state index in [1.54, 1.807) is 13.0 Å². The Morgan fingerprint density at radius 2 is 1.96 bits per heavy atom. The second kappa shape index (κ2) is 7.94. The van der Waals surface area contributed by atoms with Gasteiger partial charge < -0.3 is 19.5 Å². The molecule has 1 atom stereocenters. The van der Waals surface area contributed by atoms with Gasteiger partial charge >= 0.3 is 5.69 Å². The molecule has 0 fully saturated rings. The summed E-state index contributed by atoms with van der Waals surface area (Å²) >= 11 is 0. The van der Waals surface area contributed by atoms with Crippen molar-refractivity contribution in [2.45, 2.75) is 19.9 Å². The molecule has 0 aliphatic carbocycles. The fraction of sp³-hybridized carbons (Fsp3) is 0.316. The number of rotatable bonds is 6. The molecule has 142 valence electrons. The van der Waals surface area contributed by atoms with Crippen LogP contribution in [0.5, 0.6) is 17.2 Å². The fourth-order valence-corrected chi connectivity index (χ4v) is 2.77. The third-order valence-corrected chi connectivity index (χ3v) is 4.13. The van der Waals surface area contributed by atoms with Crippen molar-refractivity contribution in [2.75, 3.05) is 19.8 Å². The number of carbonyl (C=O) groups excluding carboxylic acids is 1. The van der Waals surface area contributed by atoms with Crippen LogP contribution in [-0.2, 0) is 0 Å². The van der Waals surface area contributed by atoms with Gasteiger partial charge in [-0.3, -0.25) is 14.9 Å². The van der Waals surface area contributed by atoms with Crippen LogP contribution in [0, 0.1) is 10.1 Å². The quantitative estimate of drug-likeness (QED) is 0.617. The highest BCUT2D eigenvalue weighted by Crippen LogP contribution is 2.33. The molecule has 0 saturated carbocycles. The lowest BCUT2D eigenvalue weighted by molar-refractivity contribution is -0.385. The average molecular weight is 372 g/mol. The molecule has 3 rings (SSSR count). The van der Waals surface area contributed by atoms with Crippen LogP contribution in [0.3, 0.4) is 0 Å². The zero-order valence-electron chi connectivity index (χ0n) is 15.1. The van der Waals surface area contributed by atoms with Crippen molar-refractivity contribution in [3.63, 3.8) is 0 Å². The SMILES string of the molecule is CCOc1ccc(C(=O)NC(C)c2ccc3c(c2)OCCO3)cc1[N+](=O)[O-]. The van der Waals surface area contributed by atoms with Gasteiger partial charge in [-0.05, 0) is 43.7 Å². The summed E-state index contributed by atoms with van der Waals surface area (Å²) in [5.41, 5.74) is 0.791. The highest BCUT2D eigenvalue weighted by atomic mass is 16.6. The number of carbonyl (C=O) groups is 1. The zero-order valence-corrected chi connectivity index (χ0v) is 15.1. The third-order valence-electron chi connectivity index (χ3n) is 4.13. The minimum absolute atomic E-state index is 0.138. The number of nitro benzene ring substituents is 1. The standard InChI is InChI=1S/C19H20N2O6/c1-3-25-16-6-5-14(10-15(16)21(23)24)19(22)20-12(2)13-4-7-17-18(11-13)27-9-8-26-17/h4-7,10-12H,3,8-9H2,1-2H3,(H,20,22). The number of benzene rings is 2. The maximum Gasteiger partial charge on any atom is 0.311 e. The van der Waals surface area contributed by atoms with E-state index in [0.29, 0.717) is 31.3 Å². The van der Waals surface area contributed by atoms with E-state index in [9.17, 15) is 14.9 Å². The first-order valence-corrected chi connectivity index (χ1v) is 8.61. The summed E-state index contributed by atoms with van der Waals surface area (Å²) in [5, 5.41) is 14.1. The first-order valence-electron chi connectivity index (χ1n) is 8.61. The maximum atomic E-state index is 12.5. The number of nitro groups is 1. The predicted molar refractivity (Wildman–Crippen MR) is 97.6 cm³/mol. The summed E-state index contributed by atoms with van der Waals surface area (Å²) in [6, 6.07) is 9.30. The van der Waals surface area contributed by atoms with Gasteiger partial charge in [0.2, 0.25) is 0 Å². The van der Waals surface area contributed by atoms with Crippen LogP contribution in [0.15, 0.2) is 36.4 Å². The number of nitrogens with one attached hydrogen (secondary N) is 1. The lowest BCUT2D eigenvalue weighted by atomic mass is 10.1. The summed E-state index contributed by atoms with van der Waals surface area (Å²) in [6.07, 6.45) is 0. The molecular weight excluding hydrogens is 352 g/mol. The minimum atomic E-state index is -0.563. The van der Waals surface area contributed by atoms with Crippen molar-refractivity contribution >= 4 is 11.6 Å². The first-order chi connectivity index (χ1) is 13.0. The Balaban J connectivity index is 1.76. The molecule has 1 N–H and O–H groups in total. The van der Waals surface area contributed by atoms with Crippen molar-refractivity contribution in [3.8, 4) is 17.2 Å². The van der Waals surface area contributed by atoms with Gasteiger partial charge in [-0.1, -0.05) is 6.07 Å². The highest BCUT2D eigenvalue weighted by molar-refractivity contribution is 5.95. The van der Waals surface area contributed by atoms with Crippen molar-refractivity contribution in [2.24, 2.45) is 0 Å². The minimum Gasteiger partial charge on any atom is -0.487 e. The van der Waals surface area contributed by atoms with E-state index < -0.39 is 10.8 Å². The van der Waals surface area contributed by atoms with Gasteiger partial charge in [-0.15, -0.1) is 0 Å². The molecule has 0 aromatic heterocycles. The van der Waals surface area contributed by atoms with Crippen LogP contribution in [0.1, 0.15) is 35.8 Å². The van der Waals surface area contributed by atoms with Gasteiger partial charge in [0.1, 0.15) is 13.2 Å². The molecule has 0 bridgehead atoms. The second-order valence-corrected chi connectivity index (χ2v) is 5.97. The largest absolute Gasteiger partial charge is 0.487 e. The summed E-state index contributed by atoms with van der Waals surface area (Å²) in [5.74, 6) is 1.03. The van der Waals surface area contributed by atoms with Gasteiger partial charge in [0.25, 0.3) is 5.91 Å². The fourth-order valence-electron chi connectivity index (χ4n) is 2.77. The van der Waals surface area contributed by atoms with Crippen LogP contribution in [0.2, 0.25) is 0 Å². The van der Waals surface area contributed by atoms with Gasteiger partial charge in [0.05, 0.1) is 17.6 Å². The number of amides is 1. The van der Waals surface area contributed by atoms with E-state index in [4.69, 9.17) is 14.2 Å². The Morgan fingerprint density at radius 1 is 1.22 bits per heavy atom. The van der Waals surface area contributed by atoms with Crippen molar-refractivity contribution in [3.05, 3.63) is 57.6 Å². The topological polar surface area (TPSA) is 99.9 Å². The molecule has 8 heteroatoms. The van der Waals surface area contributed by atoms with Crippen LogP contribution in [-0.4, -0.2) is 30.7 Å². The summed E-state index contributed by atoms with van der Waals surface area (Å²) in [7, 11) is 0. The van der Waals surface area contributed by atoms with E-state index >= 15 is 0 Å². The van der Waals surface area contributed by atoms with E-state index in [0.717, 1.165) is 5.56 Å². The van der Waals surface area contributed by atoms with E-state index in [-0.39, 0.29) is 23.0 Å². The van der Waals surface area contributed by atoms with Crippen molar-refractivity contribution in [1.82, 2.24) is 5.32 Å². The van der Waals surface area contributed by atoms with Crippen molar-refractivity contribution in [1.29, 1.82) is 0 Å². The molecular formula is C19H20N2O6. The molecule has 8 nitrogen and oxygen atoms in total. The Hall–Kier alpha value is -3.29. The monoisotopic (exact) mass is 372 g/mol. The van der Waals surface area contributed by atoms with Crippen LogP contribution >= 0.6 is 0 Å².